The molecular weight excluding hydrogens is 220 g/mol. The predicted octanol–water partition coefficient (Wildman–Crippen LogP) is 1.78. The molecule has 0 fully saturated rings. The molecule has 0 radical (unpaired) electrons. The molecular formula is C11H16N4S. The molecule has 2 aromatic rings. The second-order valence-electron chi connectivity index (χ2n) is 3.84. The van der Waals surface area contributed by atoms with E-state index < -0.39 is 0 Å². The lowest BCUT2D eigenvalue weighted by atomic mass is 10.2. The van der Waals surface area contributed by atoms with Gasteiger partial charge in [-0.1, -0.05) is 0 Å². The van der Waals surface area contributed by atoms with Crippen molar-refractivity contribution in [2.45, 2.75) is 26.9 Å². The molecule has 0 atom stereocenters. The highest BCUT2D eigenvalue weighted by molar-refractivity contribution is 7.09. The van der Waals surface area contributed by atoms with Crippen molar-refractivity contribution in [1.29, 1.82) is 0 Å². The number of rotatable bonds is 4. The van der Waals surface area contributed by atoms with E-state index >= 15 is 0 Å². The maximum absolute atomic E-state index is 4.23. The average molecular weight is 236 g/mol. The zero-order valence-corrected chi connectivity index (χ0v) is 10.6. The lowest BCUT2D eigenvalue weighted by Gasteiger charge is -2.03. The minimum absolute atomic E-state index is 0.858. The first-order valence-corrected chi connectivity index (χ1v) is 6.13. The fraction of sp³-hybridized carbons (Fsp3) is 0.455. The van der Waals surface area contributed by atoms with Gasteiger partial charge in [0.15, 0.2) is 0 Å². The Kier molecular flexibility index (Phi) is 3.36. The van der Waals surface area contributed by atoms with Gasteiger partial charge in [-0.2, -0.15) is 5.10 Å². The molecule has 0 aromatic carbocycles. The molecule has 0 saturated carbocycles. The maximum Gasteiger partial charge on any atom is 0.0798 e. The maximum atomic E-state index is 4.23. The average Bonchev–Trinajstić information content (AvgIpc) is 2.80. The third kappa shape index (κ3) is 2.31. The van der Waals surface area contributed by atoms with Crippen LogP contribution in [0.5, 0.6) is 0 Å². The molecule has 2 aromatic heterocycles. The molecule has 2 heterocycles. The van der Waals surface area contributed by atoms with E-state index in [1.807, 2.05) is 30.4 Å². The molecule has 16 heavy (non-hydrogen) atoms. The van der Waals surface area contributed by atoms with Crippen LogP contribution in [-0.4, -0.2) is 14.8 Å². The number of aryl methyl sites for hydroxylation is 2. The molecule has 4 nitrogen and oxygen atoms in total. The van der Waals surface area contributed by atoms with Crippen LogP contribution >= 0.6 is 11.3 Å². The Morgan fingerprint density at radius 1 is 1.38 bits per heavy atom. The minimum atomic E-state index is 0.858. The summed E-state index contributed by atoms with van der Waals surface area (Å²) in [4.78, 5) is 5.53. The minimum Gasteiger partial charge on any atom is -0.308 e. The number of thiazole rings is 1. The van der Waals surface area contributed by atoms with Gasteiger partial charge in [0.2, 0.25) is 0 Å². The molecule has 86 valence electrons. The van der Waals surface area contributed by atoms with E-state index in [9.17, 15) is 0 Å². The van der Waals surface area contributed by atoms with Crippen molar-refractivity contribution in [2.75, 3.05) is 0 Å². The van der Waals surface area contributed by atoms with Crippen molar-refractivity contribution in [2.24, 2.45) is 7.05 Å². The highest BCUT2D eigenvalue weighted by Crippen LogP contribution is 2.12. The normalized spacial score (nSPS) is 10.9. The smallest absolute Gasteiger partial charge is 0.0798 e. The number of nitrogens with one attached hydrogen (secondary N) is 1. The van der Waals surface area contributed by atoms with Crippen molar-refractivity contribution >= 4 is 11.3 Å². The predicted molar refractivity (Wildman–Crippen MR) is 65.3 cm³/mol. The molecule has 5 heteroatoms. The first-order chi connectivity index (χ1) is 7.68. The fourth-order valence-corrected chi connectivity index (χ4v) is 2.27. The number of hydrogen-bond donors (Lipinski definition) is 1. The van der Waals surface area contributed by atoms with Crippen molar-refractivity contribution in [3.8, 4) is 0 Å². The van der Waals surface area contributed by atoms with E-state index in [1.54, 1.807) is 11.3 Å². The molecule has 0 spiro atoms. The highest BCUT2D eigenvalue weighted by Gasteiger charge is 2.04. The van der Waals surface area contributed by atoms with Gasteiger partial charge in [-0.15, -0.1) is 11.3 Å². The van der Waals surface area contributed by atoms with E-state index in [0.717, 1.165) is 18.8 Å². The van der Waals surface area contributed by atoms with E-state index in [-0.39, 0.29) is 0 Å². The zero-order valence-electron chi connectivity index (χ0n) is 9.82. The Hall–Kier alpha value is -1.20. The first-order valence-electron chi connectivity index (χ1n) is 5.25. The summed E-state index contributed by atoms with van der Waals surface area (Å²) in [5.74, 6) is 0. The zero-order chi connectivity index (χ0) is 11.5. The third-order valence-corrected chi connectivity index (χ3v) is 3.72. The molecule has 0 unspecified atom stereocenters. The topological polar surface area (TPSA) is 42.7 Å². The van der Waals surface area contributed by atoms with Crippen LogP contribution in [0.4, 0.5) is 0 Å². The van der Waals surface area contributed by atoms with Gasteiger partial charge in [0.1, 0.15) is 0 Å². The SMILES string of the molecule is Cc1ncsc1CNCc1cnn(C)c1C. The summed E-state index contributed by atoms with van der Waals surface area (Å²) in [5, 5.41) is 7.63. The Morgan fingerprint density at radius 2 is 2.19 bits per heavy atom. The molecule has 0 bridgehead atoms. The molecule has 0 aliphatic heterocycles. The third-order valence-electron chi connectivity index (χ3n) is 2.78. The van der Waals surface area contributed by atoms with Crippen LogP contribution in [0.3, 0.4) is 0 Å². The number of hydrogen-bond acceptors (Lipinski definition) is 4. The van der Waals surface area contributed by atoms with E-state index in [2.05, 4.69) is 22.3 Å². The number of nitrogens with zero attached hydrogens (tertiary/aromatic N) is 3. The van der Waals surface area contributed by atoms with Gasteiger partial charge < -0.3 is 5.32 Å². The summed E-state index contributed by atoms with van der Waals surface area (Å²) in [7, 11) is 1.96. The molecule has 0 aliphatic rings. The van der Waals surface area contributed by atoms with Gasteiger partial charge in [-0.25, -0.2) is 4.98 Å². The Labute approximate surface area is 99.3 Å². The Morgan fingerprint density at radius 3 is 2.75 bits per heavy atom. The van der Waals surface area contributed by atoms with Gasteiger partial charge in [0.05, 0.1) is 17.4 Å². The van der Waals surface area contributed by atoms with Crippen molar-refractivity contribution in [3.63, 3.8) is 0 Å². The van der Waals surface area contributed by atoms with Gasteiger partial charge in [0.25, 0.3) is 0 Å². The summed E-state index contributed by atoms with van der Waals surface area (Å²) in [6, 6.07) is 0. The van der Waals surface area contributed by atoms with Crippen molar-refractivity contribution in [1.82, 2.24) is 20.1 Å². The van der Waals surface area contributed by atoms with Gasteiger partial charge >= 0.3 is 0 Å². The molecule has 0 saturated heterocycles. The monoisotopic (exact) mass is 236 g/mol. The Balaban J connectivity index is 1.89. The van der Waals surface area contributed by atoms with Crippen LogP contribution in [-0.2, 0) is 20.1 Å². The summed E-state index contributed by atoms with van der Waals surface area (Å²) in [5.41, 5.74) is 5.49. The van der Waals surface area contributed by atoms with E-state index in [1.165, 1.54) is 16.1 Å². The van der Waals surface area contributed by atoms with Crippen LogP contribution in [0.15, 0.2) is 11.7 Å². The second-order valence-corrected chi connectivity index (χ2v) is 4.78. The molecule has 2 rings (SSSR count). The fourth-order valence-electron chi connectivity index (χ4n) is 1.52. The van der Waals surface area contributed by atoms with Crippen LogP contribution in [0.1, 0.15) is 21.8 Å². The van der Waals surface area contributed by atoms with Gasteiger partial charge in [-0.05, 0) is 13.8 Å². The lowest BCUT2D eigenvalue weighted by Crippen LogP contribution is -2.13. The Bertz CT molecular complexity index is 472. The van der Waals surface area contributed by atoms with Crippen LogP contribution in [0, 0.1) is 13.8 Å². The molecule has 0 amide bonds. The summed E-state index contributed by atoms with van der Waals surface area (Å²) in [6.45, 7) is 5.87. The summed E-state index contributed by atoms with van der Waals surface area (Å²) in [6.07, 6.45) is 1.92. The van der Waals surface area contributed by atoms with E-state index in [4.69, 9.17) is 0 Å². The van der Waals surface area contributed by atoms with Crippen LogP contribution < -0.4 is 5.32 Å². The largest absolute Gasteiger partial charge is 0.308 e. The highest BCUT2D eigenvalue weighted by atomic mass is 32.1. The standard InChI is InChI=1S/C11H16N4S/c1-8-11(16-7-13-8)6-12-4-10-5-14-15(3)9(10)2/h5,7,12H,4,6H2,1-3H3. The van der Waals surface area contributed by atoms with Gasteiger partial charge in [0, 0.05) is 36.3 Å². The molecule has 1 N–H and O–H groups in total. The summed E-state index contributed by atoms with van der Waals surface area (Å²) < 4.78 is 1.90. The second kappa shape index (κ2) is 4.76. The van der Waals surface area contributed by atoms with Crippen LogP contribution in [0.25, 0.3) is 0 Å². The quantitative estimate of drug-likeness (QED) is 0.880. The number of aromatic nitrogens is 3. The van der Waals surface area contributed by atoms with Crippen molar-refractivity contribution < 1.29 is 0 Å². The van der Waals surface area contributed by atoms with Gasteiger partial charge in [-0.3, -0.25) is 4.68 Å². The summed E-state index contributed by atoms with van der Waals surface area (Å²) >= 11 is 1.70. The lowest BCUT2D eigenvalue weighted by molar-refractivity contribution is 0.688. The van der Waals surface area contributed by atoms with Crippen LogP contribution in [0.2, 0.25) is 0 Å². The van der Waals surface area contributed by atoms with Crippen molar-refractivity contribution in [3.05, 3.63) is 33.5 Å². The molecule has 0 aliphatic carbocycles. The van der Waals surface area contributed by atoms with E-state index in [0.29, 0.717) is 0 Å². The first kappa shape index (κ1) is 11.3.